The van der Waals surface area contributed by atoms with E-state index in [1.807, 2.05) is 48.4 Å². The number of thiophene rings is 1. The molecule has 0 saturated carbocycles. The number of amides is 1. The lowest BCUT2D eigenvalue weighted by Gasteiger charge is -2.38. The molecule has 3 rings (SSSR count). The molecule has 1 unspecified atom stereocenters. The second-order valence-corrected chi connectivity index (χ2v) is 7.48. The molecule has 1 amide bonds. The van der Waals surface area contributed by atoms with Crippen LogP contribution in [-0.2, 0) is 4.79 Å². The van der Waals surface area contributed by atoms with Gasteiger partial charge in [0.2, 0.25) is 0 Å². The highest BCUT2D eigenvalue weighted by molar-refractivity contribution is 7.80. The van der Waals surface area contributed by atoms with Crippen molar-refractivity contribution in [3.8, 4) is 0 Å². The number of hydrogen-bond acceptors (Lipinski definition) is 3. The molecule has 2 heterocycles. The number of anilines is 1. The van der Waals surface area contributed by atoms with E-state index in [2.05, 4.69) is 16.8 Å². The van der Waals surface area contributed by atoms with Crippen molar-refractivity contribution in [1.82, 2.24) is 10.2 Å². The van der Waals surface area contributed by atoms with Crippen molar-refractivity contribution in [3.63, 3.8) is 0 Å². The fourth-order valence-corrected chi connectivity index (χ4v) is 4.07. The Hall–Kier alpha value is -2.18. The van der Waals surface area contributed by atoms with Gasteiger partial charge in [0.15, 0.2) is 5.11 Å². The largest absolute Gasteiger partial charge is 0.351 e. The zero-order valence-corrected chi connectivity index (χ0v) is 16.4. The first-order valence-corrected chi connectivity index (χ1v) is 9.37. The van der Waals surface area contributed by atoms with Crippen LogP contribution >= 0.6 is 23.6 Å². The van der Waals surface area contributed by atoms with Crippen molar-refractivity contribution >= 4 is 40.3 Å². The number of thiocarbonyl (C=S) groups is 1. The smallest absolute Gasteiger partial charge is 0.253 e. The molecule has 0 spiro atoms. The molecule has 1 aliphatic heterocycles. The first-order valence-electron chi connectivity index (χ1n) is 8.02. The van der Waals surface area contributed by atoms with Gasteiger partial charge in [-0.1, -0.05) is 12.1 Å². The van der Waals surface area contributed by atoms with Crippen LogP contribution in [0.15, 0.2) is 52.4 Å². The van der Waals surface area contributed by atoms with Crippen LogP contribution in [0.4, 0.5) is 5.69 Å². The predicted molar refractivity (Wildman–Crippen MR) is 108 cm³/mol. The lowest BCUT2D eigenvalue weighted by Crippen LogP contribution is -2.49. The molecule has 0 radical (unpaired) electrons. The minimum atomic E-state index is -0.227. The molecule has 6 heteroatoms. The summed E-state index contributed by atoms with van der Waals surface area (Å²) < 4.78 is 0. The molecule has 1 aromatic heterocycles. The average Bonchev–Trinajstić information content (AvgIpc) is 3.08. The van der Waals surface area contributed by atoms with E-state index in [1.165, 1.54) is 0 Å². The third kappa shape index (κ3) is 3.32. The van der Waals surface area contributed by atoms with E-state index >= 15 is 0 Å². The van der Waals surface area contributed by atoms with Gasteiger partial charge in [0.05, 0.1) is 11.6 Å². The van der Waals surface area contributed by atoms with Crippen molar-refractivity contribution in [1.29, 1.82) is 0 Å². The third-order valence-electron chi connectivity index (χ3n) is 4.26. The van der Waals surface area contributed by atoms with Gasteiger partial charge in [0, 0.05) is 25.5 Å². The fraction of sp³-hybridized carbons (Fsp3) is 0.263. The van der Waals surface area contributed by atoms with Crippen molar-refractivity contribution in [3.05, 3.63) is 63.5 Å². The Morgan fingerprint density at radius 1 is 1.28 bits per heavy atom. The SMILES string of the molecule is CC1=C(C(=O)N(C)C)C(c2ccsc2)NC(=S)N1c1cccc(C)c1. The molecule has 0 fully saturated rings. The molecule has 0 aliphatic carbocycles. The van der Waals surface area contributed by atoms with Crippen LogP contribution in [0.25, 0.3) is 0 Å². The molecule has 2 aromatic rings. The fourth-order valence-electron chi connectivity index (χ4n) is 3.03. The van der Waals surface area contributed by atoms with Crippen LogP contribution in [0.1, 0.15) is 24.1 Å². The lowest BCUT2D eigenvalue weighted by molar-refractivity contribution is -0.125. The molecule has 25 heavy (non-hydrogen) atoms. The highest BCUT2D eigenvalue weighted by atomic mass is 32.1. The summed E-state index contributed by atoms with van der Waals surface area (Å²) in [4.78, 5) is 16.5. The van der Waals surface area contributed by atoms with Crippen molar-refractivity contribution in [2.75, 3.05) is 19.0 Å². The van der Waals surface area contributed by atoms with Crippen molar-refractivity contribution < 1.29 is 4.79 Å². The molecule has 130 valence electrons. The van der Waals surface area contributed by atoms with Gasteiger partial charge in [-0.15, -0.1) is 0 Å². The summed E-state index contributed by atoms with van der Waals surface area (Å²) in [5.74, 6) is -0.0126. The molecule has 1 atom stereocenters. The Bertz CT molecular complexity index is 840. The van der Waals surface area contributed by atoms with Gasteiger partial charge in [-0.2, -0.15) is 11.3 Å². The number of nitrogens with zero attached hydrogens (tertiary/aromatic N) is 2. The van der Waals surface area contributed by atoms with Crippen molar-refractivity contribution in [2.45, 2.75) is 19.9 Å². The first-order chi connectivity index (χ1) is 11.9. The quantitative estimate of drug-likeness (QED) is 0.831. The second kappa shape index (κ2) is 6.98. The molecule has 1 aliphatic rings. The van der Waals surface area contributed by atoms with Gasteiger partial charge in [-0.3, -0.25) is 9.69 Å². The van der Waals surface area contributed by atoms with Crippen LogP contribution in [0, 0.1) is 6.92 Å². The molecule has 0 saturated heterocycles. The van der Waals surface area contributed by atoms with E-state index in [1.54, 1.807) is 30.3 Å². The van der Waals surface area contributed by atoms with E-state index in [0.717, 1.165) is 28.1 Å². The highest BCUT2D eigenvalue weighted by Crippen LogP contribution is 2.35. The summed E-state index contributed by atoms with van der Waals surface area (Å²) in [6.45, 7) is 4.01. The van der Waals surface area contributed by atoms with Gasteiger partial charge >= 0.3 is 0 Å². The van der Waals surface area contributed by atoms with Crippen LogP contribution in [0.3, 0.4) is 0 Å². The summed E-state index contributed by atoms with van der Waals surface area (Å²) >= 11 is 7.26. The first kappa shape index (κ1) is 17.6. The third-order valence-corrected chi connectivity index (χ3v) is 5.26. The average molecular weight is 372 g/mol. The van der Waals surface area contributed by atoms with Gasteiger partial charge in [-0.25, -0.2) is 0 Å². The molecular formula is C19H21N3OS2. The zero-order valence-electron chi connectivity index (χ0n) is 14.7. The van der Waals surface area contributed by atoms with Crippen LogP contribution in [0.5, 0.6) is 0 Å². The molecule has 1 aromatic carbocycles. The van der Waals surface area contributed by atoms with Crippen molar-refractivity contribution in [2.24, 2.45) is 0 Å². The summed E-state index contributed by atoms with van der Waals surface area (Å²) in [6, 6.07) is 9.92. The highest BCUT2D eigenvalue weighted by Gasteiger charge is 2.35. The summed E-state index contributed by atoms with van der Waals surface area (Å²) in [7, 11) is 3.55. The van der Waals surface area contributed by atoms with E-state index in [0.29, 0.717) is 5.11 Å². The predicted octanol–water partition coefficient (Wildman–Crippen LogP) is 3.85. The number of carbonyl (C=O) groups excluding carboxylic acids is 1. The molecule has 1 N–H and O–H groups in total. The summed E-state index contributed by atoms with van der Waals surface area (Å²) in [6.07, 6.45) is 0. The number of likely N-dealkylation sites (N-methyl/N-ethyl adjacent to an activating group) is 1. The van der Waals surface area contributed by atoms with Gasteiger partial charge < -0.3 is 10.2 Å². The van der Waals surface area contributed by atoms with Crippen LogP contribution in [-0.4, -0.2) is 30.0 Å². The van der Waals surface area contributed by atoms with Crippen LogP contribution in [0.2, 0.25) is 0 Å². The Morgan fingerprint density at radius 3 is 2.64 bits per heavy atom. The van der Waals surface area contributed by atoms with E-state index in [-0.39, 0.29) is 11.9 Å². The van der Waals surface area contributed by atoms with E-state index in [9.17, 15) is 4.79 Å². The van der Waals surface area contributed by atoms with Gasteiger partial charge in [0.1, 0.15) is 0 Å². The monoisotopic (exact) mass is 371 g/mol. The normalized spacial score (nSPS) is 17.5. The number of nitrogens with one attached hydrogen (secondary N) is 1. The zero-order chi connectivity index (χ0) is 18.1. The topological polar surface area (TPSA) is 35.6 Å². The maximum absolute atomic E-state index is 12.9. The Morgan fingerprint density at radius 2 is 2.04 bits per heavy atom. The Labute approximate surface area is 157 Å². The van der Waals surface area contributed by atoms with E-state index in [4.69, 9.17) is 12.2 Å². The minimum absolute atomic E-state index is 0.0126. The molecule has 4 nitrogen and oxygen atoms in total. The number of aryl methyl sites for hydroxylation is 1. The number of benzene rings is 1. The van der Waals surface area contributed by atoms with E-state index < -0.39 is 0 Å². The summed E-state index contributed by atoms with van der Waals surface area (Å²) in [5.41, 5.74) is 4.75. The van der Waals surface area contributed by atoms with Crippen LogP contribution < -0.4 is 10.2 Å². The molecular weight excluding hydrogens is 350 g/mol. The standard InChI is InChI=1S/C19H21N3OS2/c1-12-6-5-7-15(10-12)22-13(2)16(18(23)21(3)4)17(20-19(22)24)14-8-9-25-11-14/h5-11,17H,1-4H3,(H,20,24). The maximum atomic E-state index is 12.9. The number of hydrogen-bond donors (Lipinski definition) is 1. The maximum Gasteiger partial charge on any atom is 0.253 e. The molecule has 0 bridgehead atoms. The summed E-state index contributed by atoms with van der Waals surface area (Å²) in [5, 5.41) is 8.04. The van der Waals surface area contributed by atoms with Gasteiger partial charge in [0.25, 0.3) is 5.91 Å². The second-order valence-electron chi connectivity index (χ2n) is 6.31. The number of carbonyl (C=O) groups is 1. The number of rotatable bonds is 3. The lowest BCUT2D eigenvalue weighted by atomic mass is 9.95. The Balaban J connectivity index is 2.16. The number of allylic oxidation sites excluding steroid dienone is 1. The minimum Gasteiger partial charge on any atom is -0.351 e. The Kier molecular flexibility index (Phi) is 4.92. The van der Waals surface area contributed by atoms with Gasteiger partial charge in [-0.05, 0) is 66.2 Å².